The second-order valence-corrected chi connectivity index (χ2v) is 6.37. The van der Waals surface area contributed by atoms with Crippen LogP contribution in [0.5, 0.6) is 0 Å². The number of hydrogen-bond acceptors (Lipinski definition) is 1. The summed E-state index contributed by atoms with van der Waals surface area (Å²) in [6.45, 7) is 5.90. The lowest BCUT2D eigenvalue weighted by Gasteiger charge is -2.32. The van der Waals surface area contributed by atoms with Crippen LogP contribution in [-0.2, 0) is 12.8 Å². The molecule has 3 rings (SSSR count). The molecule has 1 saturated heterocycles. The minimum Gasteiger partial charge on any atom is -0.313 e. The molecule has 1 aromatic rings. The van der Waals surface area contributed by atoms with Gasteiger partial charge in [-0.05, 0) is 54.7 Å². The highest BCUT2D eigenvalue weighted by molar-refractivity contribution is 5.35. The second-order valence-electron chi connectivity index (χ2n) is 6.37. The van der Waals surface area contributed by atoms with Gasteiger partial charge in [0, 0.05) is 6.04 Å². The summed E-state index contributed by atoms with van der Waals surface area (Å²) < 4.78 is 0. The van der Waals surface area contributed by atoms with Crippen molar-refractivity contribution in [2.24, 2.45) is 11.3 Å². The minimum atomic E-state index is 0.536. The van der Waals surface area contributed by atoms with Crippen molar-refractivity contribution in [3.05, 3.63) is 35.4 Å². The third-order valence-corrected chi connectivity index (χ3v) is 4.66. The van der Waals surface area contributed by atoms with E-state index in [1.807, 2.05) is 0 Å². The molecule has 1 N–H and O–H groups in total. The van der Waals surface area contributed by atoms with Crippen LogP contribution < -0.4 is 5.32 Å². The van der Waals surface area contributed by atoms with Crippen LogP contribution in [0.4, 0.5) is 0 Å². The molecule has 17 heavy (non-hydrogen) atoms. The van der Waals surface area contributed by atoms with Crippen molar-refractivity contribution in [2.75, 3.05) is 6.54 Å². The van der Waals surface area contributed by atoms with Crippen LogP contribution in [0.3, 0.4) is 0 Å². The van der Waals surface area contributed by atoms with Gasteiger partial charge in [-0.15, -0.1) is 0 Å². The van der Waals surface area contributed by atoms with E-state index in [2.05, 4.69) is 43.4 Å². The zero-order chi connectivity index (χ0) is 11.9. The Hall–Kier alpha value is -0.820. The summed E-state index contributed by atoms with van der Waals surface area (Å²) in [6, 6.07) is 9.77. The third kappa shape index (κ3) is 1.91. The standard InChI is InChI=1S/C16H23N/c1-12(2)9-15-16(7-8-17-15)10-13-5-3-4-6-14(13)11-16/h3-6,12,15,17H,7-11H2,1-2H3. The van der Waals surface area contributed by atoms with Crippen molar-refractivity contribution in [2.45, 2.75) is 45.6 Å². The molecule has 1 heteroatoms. The van der Waals surface area contributed by atoms with E-state index in [-0.39, 0.29) is 0 Å². The van der Waals surface area contributed by atoms with Crippen LogP contribution in [0, 0.1) is 11.3 Å². The lowest BCUT2D eigenvalue weighted by molar-refractivity contribution is 0.234. The van der Waals surface area contributed by atoms with Crippen LogP contribution in [-0.4, -0.2) is 12.6 Å². The van der Waals surface area contributed by atoms with Crippen molar-refractivity contribution in [3.8, 4) is 0 Å². The zero-order valence-corrected chi connectivity index (χ0v) is 11.0. The van der Waals surface area contributed by atoms with Gasteiger partial charge >= 0.3 is 0 Å². The van der Waals surface area contributed by atoms with Gasteiger partial charge in [0.1, 0.15) is 0 Å². The van der Waals surface area contributed by atoms with Crippen LogP contribution >= 0.6 is 0 Å². The molecule has 0 bridgehead atoms. The fourth-order valence-corrected chi connectivity index (χ4v) is 3.84. The molecular formula is C16H23N. The molecule has 1 unspecified atom stereocenters. The van der Waals surface area contributed by atoms with Gasteiger partial charge in [0.05, 0.1) is 0 Å². The first-order valence-corrected chi connectivity index (χ1v) is 7.00. The summed E-state index contributed by atoms with van der Waals surface area (Å²) in [7, 11) is 0. The molecule has 0 aromatic heterocycles. The van der Waals surface area contributed by atoms with E-state index in [0.717, 1.165) is 12.0 Å². The molecule has 1 aliphatic heterocycles. The Morgan fingerprint density at radius 3 is 2.47 bits per heavy atom. The number of benzene rings is 1. The van der Waals surface area contributed by atoms with Crippen LogP contribution in [0.2, 0.25) is 0 Å². The van der Waals surface area contributed by atoms with Gasteiger partial charge in [-0.1, -0.05) is 38.1 Å². The van der Waals surface area contributed by atoms with Crippen molar-refractivity contribution in [1.29, 1.82) is 0 Å². The third-order valence-electron chi connectivity index (χ3n) is 4.66. The van der Waals surface area contributed by atoms with Crippen LogP contribution in [0.15, 0.2) is 24.3 Å². The SMILES string of the molecule is CC(C)CC1NCCC12Cc1ccccc1C2. The summed E-state index contributed by atoms with van der Waals surface area (Å²) in [5.74, 6) is 0.797. The van der Waals surface area contributed by atoms with E-state index in [1.54, 1.807) is 11.1 Å². The minimum absolute atomic E-state index is 0.536. The van der Waals surface area contributed by atoms with Crippen LogP contribution in [0.25, 0.3) is 0 Å². The summed E-state index contributed by atoms with van der Waals surface area (Å²) >= 11 is 0. The first kappa shape index (κ1) is 11.3. The average Bonchev–Trinajstić information content (AvgIpc) is 2.83. The fourth-order valence-electron chi connectivity index (χ4n) is 3.84. The monoisotopic (exact) mass is 229 g/mol. The second kappa shape index (κ2) is 4.13. The highest BCUT2D eigenvalue weighted by Crippen LogP contribution is 2.46. The van der Waals surface area contributed by atoms with E-state index < -0.39 is 0 Å². The van der Waals surface area contributed by atoms with Crippen LogP contribution in [0.1, 0.15) is 37.8 Å². The highest BCUT2D eigenvalue weighted by atomic mass is 15.0. The molecule has 0 amide bonds. The Labute approximate surface area is 105 Å². The Morgan fingerprint density at radius 2 is 1.88 bits per heavy atom. The number of hydrogen-bond donors (Lipinski definition) is 1. The maximum Gasteiger partial charge on any atom is 0.0133 e. The molecule has 1 fully saturated rings. The fraction of sp³-hybridized carbons (Fsp3) is 0.625. The summed E-state index contributed by atoms with van der Waals surface area (Å²) in [4.78, 5) is 0. The molecule has 0 saturated carbocycles. The van der Waals surface area contributed by atoms with Crippen molar-refractivity contribution < 1.29 is 0 Å². The number of rotatable bonds is 2. The molecule has 1 aliphatic carbocycles. The van der Waals surface area contributed by atoms with E-state index in [0.29, 0.717) is 5.41 Å². The number of fused-ring (bicyclic) bond motifs is 1. The first-order chi connectivity index (χ1) is 8.20. The maximum atomic E-state index is 3.76. The van der Waals surface area contributed by atoms with Gasteiger partial charge in [0.25, 0.3) is 0 Å². The van der Waals surface area contributed by atoms with Crippen molar-refractivity contribution in [3.63, 3.8) is 0 Å². The molecule has 0 radical (unpaired) electrons. The lowest BCUT2D eigenvalue weighted by atomic mass is 9.75. The van der Waals surface area contributed by atoms with Crippen molar-refractivity contribution in [1.82, 2.24) is 5.32 Å². The Balaban J connectivity index is 1.84. The van der Waals surface area contributed by atoms with Gasteiger partial charge in [0.2, 0.25) is 0 Å². The molecular weight excluding hydrogens is 206 g/mol. The smallest absolute Gasteiger partial charge is 0.0133 e. The quantitative estimate of drug-likeness (QED) is 0.821. The average molecular weight is 229 g/mol. The number of nitrogens with one attached hydrogen (secondary N) is 1. The predicted octanol–water partition coefficient (Wildman–Crippen LogP) is 3.18. The van der Waals surface area contributed by atoms with E-state index in [1.165, 1.54) is 32.2 Å². The first-order valence-electron chi connectivity index (χ1n) is 7.00. The van der Waals surface area contributed by atoms with Crippen molar-refractivity contribution >= 4 is 0 Å². The molecule has 1 heterocycles. The zero-order valence-electron chi connectivity index (χ0n) is 11.0. The predicted molar refractivity (Wildman–Crippen MR) is 72.1 cm³/mol. The highest BCUT2D eigenvalue weighted by Gasteiger charge is 2.46. The lowest BCUT2D eigenvalue weighted by Crippen LogP contribution is -2.38. The normalized spacial score (nSPS) is 25.7. The molecule has 1 atom stereocenters. The van der Waals surface area contributed by atoms with E-state index in [4.69, 9.17) is 0 Å². The van der Waals surface area contributed by atoms with Gasteiger partial charge in [-0.2, -0.15) is 0 Å². The molecule has 1 aromatic carbocycles. The summed E-state index contributed by atoms with van der Waals surface area (Å²) in [5.41, 5.74) is 3.74. The largest absolute Gasteiger partial charge is 0.313 e. The Bertz CT molecular complexity index is 383. The summed E-state index contributed by atoms with van der Waals surface area (Å²) in [5, 5.41) is 3.76. The molecule has 2 aliphatic rings. The molecule has 1 spiro atoms. The molecule has 1 nitrogen and oxygen atoms in total. The summed E-state index contributed by atoms with van der Waals surface area (Å²) in [6.07, 6.45) is 5.29. The van der Waals surface area contributed by atoms with Gasteiger partial charge in [-0.25, -0.2) is 0 Å². The Kier molecular flexibility index (Phi) is 2.74. The van der Waals surface area contributed by atoms with E-state index >= 15 is 0 Å². The molecule has 92 valence electrons. The van der Waals surface area contributed by atoms with E-state index in [9.17, 15) is 0 Å². The topological polar surface area (TPSA) is 12.0 Å². The van der Waals surface area contributed by atoms with Gasteiger partial charge < -0.3 is 5.32 Å². The maximum absolute atomic E-state index is 3.76. The van der Waals surface area contributed by atoms with Gasteiger partial charge in [-0.3, -0.25) is 0 Å². The Morgan fingerprint density at radius 1 is 1.24 bits per heavy atom. The van der Waals surface area contributed by atoms with Gasteiger partial charge in [0.15, 0.2) is 0 Å².